The first-order chi connectivity index (χ1) is 33.6. The second-order valence-corrected chi connectivity index (χ2v) is 18.1. The van der Waals surface area contributed by atoms with Gasteiger partial charge in [0.2, 0.25) is 0 Å². The Labute approximate surface area is 388 Å². The van der Waals surface area contributed by atoms with Crippen LogP contribution in [-0.4, -0.2) is 28.2 Å². The Morgan fingerprint density at radius 3 is 1.87 bits per heavy atom. The molecule has 0 amide bonds. The van der Waals surface area contributed by atoms with Crippen molar-refractivity contribution in [2.75, 3.05) is 7.05 Å². The molecule has 1 aliphatic rings. The summed E-state index contributed by atoms with van der Waals surface area (Å²) in [6.07, 6.45) is -0.421. The Morgan fingerprint density at radius 2 is 1.06 bits per heavy atom. The number of hydrogen-bond acceptors (Lipinski definition) is 5. The molecule has 318 valence electrons. The number of aliphatic imine (C=N–C) groups is 2. The zero-order chi connectivity index (χ0) is 44.6. The molecule has 3 aromatic heterocycles. The number of benzene rings is 11. The summed E-state index contributed by atoms with van der Waals surface area (Å²) < 4.78 is 16.0. The molecule has 0 radical (unpaired) electrons. The minimum atomic E-state index is -0.421. The number of aromatic nitrogens is 1. The largest absolute Gasteiger partial charge is 0.456 e. The summed E-state index contributed by atoms with van der Waals surface area (Å²) in [5, 5.41) is 16.0. The van der Waals surface area contributed by atoms with Gasteiger partial charge in [0.15, 0.2) is 12.0 Å². The molecule has 15 rings (SSSR count). The summed E-state index contributed by atoms with van der Waals surface area (Å²) in [6.45, 7) is 0. The maximum atomic E-state index is 7.23. The Balaban J connectivity index is 1.04. The van der Waals surface area contributed by atoms with Crippen molar-refractivity contribution in [3.05, 3.63) is 223 Å². The minimum absolute atomic E-state index is 0.421. The normalized spacial score (nSPS) is 14.5. The molecule has 14 aromatic rings. The summed E-state index contributed by atoms with van der Waals surface area (Å²) in [6, 6.07) is 73.7. The third kappa shape index (κ3) is 5.34. The van der Waals surface area contributed by atoms with Gasteiger partial charge in [-0.15, -0.1) is 0 Å². The number of para-hydroxylation sites is 1. The Hall–Kier alpha value is -9.00. The Kier molecular flexibility index (Phi) is 7.67. The third-order valence-corrected chi connectivity index (χ3v) is 14.4. The minimum Gasteiger partial charge on any atom is -0.456 e. The molecule has 1 aliphatic heterocycles. The molecule has 0 saturated heterocycles. The van der Waals surface area contributed by atoms with Crippen LogP contribution in [0, 0.1) is 0 Å². The molecule has 0 bridgehead atoms. The molecule has 0 aliphatic carbocycles. The molecular formula is C62H38N4O2. The SMILES string of the molecule is CN1C(c2cccc3ccccc23)=NC(c2ccc(-n3c4cc5ccccc5cc4c4c5ccccc5ccc43)c3c2oc2cc4ccccc4cc23)=NC1c1ccc2oc3ccccc3c2c1. The van der Waals surface area contributed by atoms with Gasteiger partial charge >= 0.3 is 0 Å². The maximum absolute atomic E-state index is 7.23. The Bertz CT molecular complexity index is 4540. The second kappa shape index (κ2) is 14.0. The van der Waals surface area contributed by atoms with Crippen molar-refractivity contribution in [2.45, 2.75) is 6.17 Å². The molecular weight excluding hydrogens is 833 g/mol. The van der Waals surface area contributed by atoms with E-state index in [0.29, 0.717) is 5.84 Å². The first-order valence-corrected chi connectivity index (χ1v) is 23.1. The molecule has 4 heterocycles. The van der Waals surface area contributed by atoms with E-state index in [9.17, 15) is 0 Å². The van der Waals surface area contributed by atoms with E-state index in [1.807, 2.05) is 12.1 Å². The van der Waals surface area contributed by atoms with Gasteiger partial charge in [0.05, 0.1) is 27.7 Å². The van der Waals surface area contributed by atoms with Gasteiger partial charge < -0.3 is 18.3 Å². The smallest absolute Gasteiger partial charge is 0.163 e. The van der Waals surface area contributed by atoms with Crippen LogP contribution in [0.25, 0.3) is 114 Å². The Morgan fingerprint density at radius 1 is 0.412 bits per heavy atom. The van der Waals surface area contributed by atoms with Gasteiger partial charge in [0.1, 0.15) is 28.2 Å². The van der Waals surface area contributed by atoms with Gasteiger partial charge in [0, 0.05) is 39.5 Å². The summed E-state index contributed by atoms with van der Waals surface area (Å²) >= 11 is 0. The lowest BCUT2D eigenvalue weighted by molar-refractivity contribution is 0.383. The fraction of sp³-hybridized carbons (Fsp3) is 0.0323. The van der Waals surface area contributed by atoms with Crippen LogP contribution >= 0.6 is 0 Å². The number of amidine groups is 2. The van der Waals surface area contributed by atoms with E-state index in [1.165, 1.54) is 32.3 Å². The number of hydrogen-bond donors (Lipinski definition) is 0. The zero-order valence-corrected chi connectivity index (χ0v) is 36.8. The molecule has 0 saturated carbocycles. The van der Waals surface area contributed by atoms with Crippen molar-refractivity contribution < 1.29 is 8.83 Å². The van der Waals surface area contributed by atoms with Crippen molar-refractivity contribution in [1.82, 2.24) is 9.47 Å². The van der Waals surface area contributed by atoms with Gasteiger partial charge in [-0.25, -0.2) is 9.98 Å². The van der Waals surface area contributed by atoms with Gasteiger partial charge in [-0.05, 0) is 109 Å². The molecule has 0 N–H and O–H groups in total. The monoisotopic (exact) mass is 870 g/mol. The maximum Gasteiger partial charge on any atom is 0.163 e. The van der Waals surface area contributed by atoms with Crippen LogP contribution < -0.4 is 0 Å². The number of nitrogens with zero attached hydrogens (tertiary/aromatic N) is 4. The highest BCUT2D eigenvalue weighted by Crippen LogP contribution is 2.45. The molecule has 11 aromatic carbocycles. The molecule has 68 heavy (non-hydrogen) atoms. The predicted molar refractivity (Wildman–Crippen MR) is 282 cm³/mol. The van der Waals surface area contributed by atoms with E-state index in [2.05, 4.69) is 211 Å². The standard InChI is InChI=1S/C62H38N4O2/c1-65-61(42-26-30-55-48(33-42)45-22-10-11-24-54(45)67-55)63-60(64-62(65)46-23-12-19-36-13-6-8-20-43(36)46)47-27-29-52(58-50-32-39-16-3-5-18-41(39)35-56(50)68-59(47)58)66-51-28-25-37-14-7-9-21-44(37)57(51)49-31-38-15-2-4-17-40(38)34-53(49)66/h2-35,61H,1H3. The molecule has 6 heteroatoms. The van der Waals surface area contributed by atoms with Crippen LogP contribution in [0.3, 0.4) is 0 Å². The fourth-order valence-electron chi connectivity index (χ4n) is 11.2. The number of rotatable bonds is 4. The van der Waals surface area contributed by atoms with E-state index < -0.39 is 6.17 Å². The zero-order valence-electron chi connectivity index (χ0n) is 36.8. The van der Waals surface area contributed by atoms with Crippen LogP contribution in [0.4, 0.5) is 0 Å². The summed E-state index contributed by atoms with van der Waals surface area (Å²) in [7, 11) is 2.10. The van der Waals surface area contributed by atoms with E-state index in [-0.39, 0.29) is 0 Å². The van der Waals surface area contributed by atoms with Crippen molar-refractivity contribution in [1.29, 1.82) is 0 Å². The van der Waals surface area contributed by atoms with Gasteiger partial charge in [-0.2, -0.15) is 0 Å². The second-order valence-electron chi connectivity index (χ2n) is 18.1. The van der Waals surface area contributed by atoms with Crippen molar-refractivity contribution >= 4 is 120 Å². The van der Waals surface area contributed by atoms with Crippen LogP contribution in [0.15, 0.2) is 225 Å². The first kappa shape index (κ1) is 37.2. The van der Waals surface area contributed by atoms with E-state index >= 15 is 0 Å². The quantitative estimate of drug-likeness (QED) is 0.177. The number of furan rings is 2. The highest BCUT2D eigenvalue weighted by molar-refractivity contribution is 6.27. The fourth-order valence-corrected chi connectivity index (χ4v) is 11.2. The number of fused-ring (bicyclic) bond motifs is 14. The summed E-state index contributed by atoms with van der Waals surface area (Å²) in [4.78, 5) is 13.4. The van der Waals surface area contributed by atoms with E-state index in [1.54, 1.807) is 0 Å². The lowest BCUT2D eigenvalue weighted by Gasteiger charge is -2.33. The van der Waals surface area contributed by atoms with E-state index in [0.717, 1.165) is 105 Å². The molecule has 0 spiro atoms. The molecule has 6 nitrogen and oxygen atoms in total. The third-order valence-electron chi connectivity index (χ3n) is 14.4. The topological polar surface area (TPSA) is 59.2 Å². The lowest BCUT2D eigenvalue weighted by atomic mass is 10.00. The van der Waals surface area contributed by atoms with Gasteiger partial charge in [-0.3, -0.25) is 0 Å². The molecule has 0 fully saturated rings. The molecule has 1 unspecified atom stereocenters. The van der Waals surface area contributed by atoms with E-state index in [4.69, 9.17) is 18.8 Å². The average Bonchev–Trinajstić information content (AvgIpc) is 4.06. The highest BCUT2D eigenvalue weighted by atomic mass is 16.3. The van der Waals surface area contributed by atoms with Crippen molar-refractivity contribution in [3.8, 4) is 5.69 Å². The summed E-state index contributed by atoms with van der Waals surface area (Å²) in [5.41, 5.74) is 9.45. The highest BCUT2D eigenvalue weighted by Gasteiger charge is 2.31. The van der Waals surface area contributed by atoms with Crippen molar-refractivity contribution in [2.24, 2.45) is 9.98 Å². The van der Waals surface area contributed by atoms with Gasteiger partial charge in [-0.1, -0.05) is 146 Å². The van der Waals surface area contributed by atoms with Crippen molar-refractivity contribution in [3.63, 3.8) is 0 Å². The molecule has 1 atom stereocenters. The van der Waals surface area contributed by atoms with Crippen LogP contribution in [0.2, 0.25) is 0 Å². The first-order valence-electron chi connectivity index (χ1n) is 23.1. The summed E-state index contributed by atoms with van der Waals surface area (Å²) in [5.74, 6) is 1.43. The average molecular weight is 871 g/mol. The van der Waals surface area contributed by atoms with Gasteiger partial charge in [0.25, 0.3) is 0 Å². The van der Waals surface area contributed by atoms with Crippen LogP contribution in [0.1, 0.15) is 22.9 Å². The lowest BCUT2D eigenvalue weighted by Crippen LogP contribution is -2.35. The van der Waals surface area contributed by atoms with Crippen LogP contribution in [-0.2, 0) is 0 Å². The van der Waals surface area contributed by atoms with Crippen LogP contribution in [0.5, 0.6) is 0 Å². The predicted octanol–water partition coefficient (Wildman–Crippen LogP) is 16.0.